The van der Waals surface area contributed by atoms with Gasteiger partial charge in [-0.15, -0.1) is 10.2 Å². The van der Waals surface area contributed by atoms with Crippen molar-refractivity contribution < 1.29 is 9.18 Å². The molecule has 0 aliphatic heterocycles. The van der Waals surface area contributed by atoms with E-state index >= 15 is 0 Å². The van der Waals surface area contributed by atoms with Crippen LogP contribution in [0, 0.1) is 5.82 Å². The lowest BCUT2D eigenvalue weighted by molar-refractivity contribution is -0.113. The Morgan fingerprint density at radius 3 is 2.76 bits per heavy atom. The summed E-state index contributed by atoms with van der Waals surface area (Å²) in [7, 11) is 0. The number of halogens is 3. The number of anilines is 2. The number of hydrogen-bond acceptors (Lipinski definition) is 7. The number of nitrogens with zero attached hydrogens (tertiary/aromatic N) is 4. The predicted molar refractivity (Wildman–Crippen MR) is 114 cm³/mol. The molecule has 0 bridgehead atoms. The molecule has 1 amide bonds. The highest BCUT2D eigenvalue weighted by molar-refractivity contribution is 7.99. The fourth-order valence-corrected chi connectivity index (χ4v) is 3.10. The molecule has 0 saturated heterocycles. The smallest absolute Gasteiger partial charge is 0.264 e. The van der Waals surface area contributed by atoms with Crippen LogP contribution < -0.4 is 16.6 Å². The zero-order chi connectivity index (χ0) is 20.8. The van der Waals surface area contributed by atoms with Crippen LogP contribution in [-0.2, 0) is 4.79 Å². The lowest BCUT2D eigenvalue weighted by Crippen LogP contribution is -2.16. The lowest BCUT2D eigenvalue weighted by atomic mass is 10.2. The summed E-state index contributed by atoms with van der Waals surface area (Å²) in [5.74, 6) is 5.43. The lowest BCUT2D eigenvalue weighted by Gasteiger charge is -2.05. The molecule has 0 aliphatic carbocycles. The average molecular weight is 454 g/mol. The fourth-order valence-electron chi connectivity index (χ4n) is 2.09. The minimum atomic E-state index is -0.381. The molecular weight excluding hydrogens is 440 g/mol. The number of benzene rings is 2. The number of carbonyl (C=O) groups excluding carboxylic acids is 1. The third kappa shape index (κ3) is 5.59. The molecule has 2 aromatic carbocycles. The van der Waals surface area contributed by atoms with Crippen LogP contribution in [0.5, 0.6) is 0 Å². The van der Waals surface area contributed by atoms with Gasteiger partial charge in [-0.05, 0) is 30.3 Å². The number of hydrogen-bond donors (Lipinski definition) is 3. The van der Waals surface area contributed by atoms with Gasteiger partial charge in [-0.1, -0.05) is 47.1 Å². The van der Waals surface area contributed by atoms with E-state index in [4.69, 9.17) is 29.0 Å². The quantitative estimate of drug-likeness (QED) is 0.218. The molecule has 3 aromatic rings. The predicted octanol–water partition coefficient (Wildman–Crippen LogP) is 3.61. The van der Waals surface area contributed by atoms with Crippen molar-refractivity contribution in [1.29, 1.82) is 0 Å². The number of hydrazone groups is 1. The third-order valence-electron chi connectivity index (χ3n) is 3.47. The highest BCUT2D eigenvalue weighted by Crippen LogP contribution is 2.24. The second-order valence-electron chi connectivity index (χ2n) is 5.53. The zero-order valence-corrected chi connectivity index (χ0v) is 17.0. The first kappa shape index (κ1) is 20.9. The van der Waals surface area contributed by atoms with Gasteiger partial charge in [0.1, 0.15) is 5.82 Å². The Hall–Kier alpha value is -2.82. The summed E-state index contributed by atoms with van der Waals surface area (Å²) >= 11 is 13.1. The molecule has 3 rings (SSSR count). The maximum absolute atomic E-state index is 12.9. The molecule has 4 N–H and O–H groups in total. The van der Waals surface area contributed by atoms with Gasteiger partial charge < -0.3 is 11.2 Å². The van der Waals surface area contributed by atoms with Crippen molar-refractivity contribution in [3.63, 3.8) is 0 Å². The molecule has 150 valence electrons. The molecule has 0 radical (unpaired) electrons. The molecule has 0 fully saturated rings. The van der Waals surface area contributed by atoms with Crippen molar-refractivity contribution in [2.75, 3.05) is 22.3 Å². The van der Waals surface area contributed by atoms with Crippen LogP contribution in [0.4, 0.5) is 16.0 Å². The highest BCUT2D eigenvalue weighted by atomic mass is 35.5. The summed E-state index contributed by atoms with van der Waals surface area (Å²) in [6.45, 7) is 0. The van der Waals surface area contributed by atoms with E-state index in [-0.39, 0.29) is 23.4 Å². The second kappa shape index (κ2) is 9.59. The van der Waals surface area contributed by atoms with Crippen LogP contribution in [-0.4, -0.2) is 32.7 Å². The Balaban J connectivity index is 1.55. The Morgan fingerprint density at radius 1 is 1.24 bits per heavy atom. The van der Waals surface area contributed by atoms with E-state index in [1.165, 1.54) is 30.5 Å². The van der Waals surface area contributed by atoms with E-state index in [1.807, 2.05) is 0 Å². The number of nitrogens with two attached hydrogens (primary N) is 1. The number of aromatic nitrogens is 3. The van der Waals surface area contributed by atoms with Crippen molar-refractivity contribution in [1.82, 2.24) is 14.9 Å². The Kier molecular flexibility index (Phi) is 6.91. The molecule has 0 spiro atoms. The second-order valence-corrected chi connectivity index (χ2v) is 7.26. The van der Waals surface area contributed by atoms with E-state index in [0.29, 0.717) is 26.5 Å². The van der Waals surface area contributed by atoms with E-state index in [2.05, 4.69) is 26.0 Å². The molecule has 0 unspecified atom stereocenters. The monoisotopic (exact) mass is 453 g/mol. The number of nitrogens with one attached hydrogen (secondary N) is 2. The van der Waals surface area contributed by atoms with Crippen LogP contribution in [0.2, 0.25) is 10.0 Å². The van der Waals surface area contributed by atoms with Gasteiger partial charge in [-0.25, -0.2) is 14.5 Å². The molecule has 8 nitrogen and oxygen atoms in total. The van der Waals surface area contributed by atoms with Crippen LogP contribution >= 0.6 is 35.0 Å². The number of carbonyl (C=O) groups is 1. The molecule has 0 aliphatic rings. The Labute approximate surface area is 179 Å². The summed E-state index contributed by atoms with van der Waals surface area (Å²) in [6, 6.07) is 10.6. The topological polar surface area (TPSA) is 110 Å². The minimum absolute atomic E-state index is 0.0358. The van der Waals surface area contributed by atoms with Crippen molar-refractivity contribution in [3.05, 3.63) is 63.9 Å². The van der Waals surface area contributed by atoms with Crippen LogP contribution in [0.25, 0.3) is 0 Å². The van der Waals surface area contributed by atoms with E-state index < -0.39 is 0 Å². The van der Waals surface area contributed by atoms with Gasteiger partial charge in [0, 0.05) is 11.3 Å². The van der Waals surface area contributed by atoms with Gasteiger partial charge in [0.25, 0.3) is 5.95 Å². The first-order valence-corrected chi connectivity index (χ1v) is 9.80. The largest absolute Gasteiger partial charge is 0.334 e. The van der Waals surface area contributed by atoms with Crippen LogP contribution in [0.3, 0.4) is 0 Å². The Morgan fingerprint density at radius 2 is 2.00 bits per heavy atom. The van der Waals surface area contributed by atoms with Gasteiger partial charge in [-0.2, -0.15) is 5.10 Å². The summed E-state index contributed by atoms with van der Waals surface area (Å²) in [4.78, 5) is 12.0. The molecule has 0 saturated carbocycles. The molecule has 1 aromatic heterocycles. The first-order valence-electron chi connectivity index (χ1n) is 8.06. The van der Waals surface area contributed by atoms with Gasteiger partial charge >= 0.3 is 0 Å². The van der Waals surface area contributed by atoms with Crippen LogP contribution in [0.15, 0.2) is 52.7 Å². The highest BCUT2D eigenvalue weighted by Gasteiger charge is 2.12. The number of nitrogen functional groups attached to an aromatic ring is 1. The van der Waals surface area contributed by atoms with Crippen molar-refractivity contribution in [2.24, 2.45) is 5.10 Å². The normalized spacial score (nSPS) is 11.0. The SMILES string of the molecule is Nn1c(N/N=C/c2cccc(Cl)c2Cl)nnc1SCC(=O)Nc1ccc(F)cc1. The molecule has 0 atom stereocenters. The average Bonchev–Trinajstić information content (AvgIpc) is 3.05. The van der Waals surface area contributed by atoms with Gasteiger partial charge in [0.2, 0.25) is 11.1 Å². The number of amides is 1. The first-order chi connectivity index (χ1) is 13.9. The van der Waals surface area contributed by atoms with Crippen molar-refractivity contribution in [2.45, 2.75) is 5.16 Å². The van der Waals surface area contributed by atoms with Crippen molar-refractivity contribution in [3.8, 4) is 0 Å². The van der Waals surface area contributed by atoms with E-state index in [0.717, 1.165) is 16.4 Å². The van der Waals surface area contributed by atoms with Gasteiger partial charge in [0.15, 0.2) is 0 Å². The maximum Gasteiger partial charge on any atom is 0.264 e. The third-order valence-corrected chi connectivity index (χ3v) is 5.25. The fraction of sp³-hybridized carbons (Fsp3) is 0.0588. The van der Waals surface area contributed by atoms with Gasteiger partial charge in [0.05, 0.1) is 22.0 Å². The summed E-state index contributed by atoms with van der Waals surface area (Å²) in [6.07, 6.45) is 1.46. The summed E-state index contributed by atoms with van der Waals surface area (Å²) < 4.78 is 14.0. The van der Waals surface area contributed by atoms with Crippen LogP contribution in [0.1, 0.15) is 5.56 Å². The zero-order valence-electron chi connectivity index (χ0n) is 14.6. The summed E-state index contributed by atoms with van der Waals surface area (Å²) in [5, 5.41) is 15.5. The van der Waals surface area contributed by atoms with Gasteiger partial charge in [-0.3, -0.25) is 4.79 Å². The molecular formula is C17H14Cl2FN7OS. The van der Waals surface area contributed by atoms with E-state index in [1.54, 1.807) is 18.2 Å². The number of thioether (sulfide) groups is 1. The van der Waals surface area contributed by atoms with E-state index in [9.17, 15) is 9.18 Å². The molecule has 12 heteroatoms. The maximum atomic E-state index is 12.9. The Bertz CT molecular complexity index is 1040. The standard InChI is InChI=1S/C17H14Cl2FN7OS/c18-13-3-1-2-10(15(13)19)8-22-24-16-25-26-17(27(16)21)29-9-14(28)23-12-6-4-11(20)5-7-12/h1-8H,9,21H2,(H,23,28)(H,24,25)/b22-8+. The molecule has 1 heterocycles. The molecule has 29 heavy (non-hydrogen) atoms. The minimum Gasteiger partial charge on any atom is -0.334 e. The summed E-state index contributed by atoms with van der Waals surface area (Å²) in [5.41, 5.74) is 3.75. The number of rotatable bonds is 7. The van der Waals surface area contributed by atoms with Crippen molar-refractivity contribution >= 4 is 58.7 Å².